The molecule has 7 nitrogen and oxygen atoms in total. The summed E-state index contributed by atoms with van der Waals surface area (Å²) in [6.45, 7) is 1.56. The van der Waals surface area contributed by atoms with E-state index in [0.29, 0.717) is 11.3 Å². The molecule has 168 valence electrons. The molecule has 0 spiro atoms. The van der Waals surface area contributed by atoms with Crippen molar-refractivity contribution in [2.24, 2.45) is 0 Å². The first-order valence-electron chi connectivity index (χ1n) is 10.2. The van der Waals surface area contributed by atoms with E-state index in [1.807, 2.05) is 37.3 Å². The molecule has 1 atom stereocenters. The normalized spacial score (nSPS) is 11.8. The number of hydrogen-bond acceptors (Lipinski definition) is 5. The summed E-state index contributed by atoms with van der Waals surface area (Å²) in [4.78, 5) is 24.2. The molecule has 0 aliphatic rings. The first-order chi connectivity index (χ1) is 15.9. The first-order valence-corrected chi connectivity index (χ1v) is 10.2. The molecule has 2 aromatic heterocycles. The quantitative estimate of drug-likeness (QED) is 0.338. The summed E-state index contributed by atoms with van der Waals surface area (Å²) >= 11 is 0. The lowest BCUT2D eigenvalue weighted by Crippen LogP contribution is -2.30. The molecule has 0 aliphatic heterocycles. The Bertz CT molecular complexity index is 1280. The van der Waals surface area contributed by atoms with Crippen LogP contribution in [0.2, 0.25) is 0 Å². The van der Waals surface area contributed by atoms with Crippen LogP contribution in [0.3, 0.4) is 0 Å². The van der Waals surface area contributed by atoms with E-state index in [0.717, 1.165) is 23.3 Å². The van der Waals surface area contributed by atoms with Crippen LogP contribution in [0.25, 0.3) is 11.3 Å². The van der Waals surface area contributed by atoms with Crippen LogP contribution in [0.1, 0.15) is 27.7 Å². The Labute approximate surface area is 188 Å². The van der Waals surface area contributed by atoms with Crippen LogP contribution >= 0.6 is 0 Å². The highest BCUT2D eigenvalue weighted by atomic mass is 19.1. The number of H-pyrrole nitrogens is 1. The van der Waals surface area contributed by atoms with E-state index in [1.165, 1.54) is 6.07 Å². The topological polar surface area (TPSA) is 103 Å². The fourth-order valence-corrected chi connectivity index (χ4v) is 3.32. The van der Waals surface area contributed by atoms with Crippen LogP contribution < -0.4 is 10.6 Å². The molecule has 0 bridgehead atoms. The van der Waals surface area contributed by atoms with Gasteiger partial charge in [-0.05, 0) is 36.2 Å². The number of aliphatic hydroxyl groups is 1. The summed E-state index contributed by atoms with van der Waals surface area (Å²) in [5.74, 6) is -1.71. The van der Waals surface area contributed by atoms with Crippen LogP contribution in [0, 0.1) is 18.6 Å². The van der Waals surface area contributed by atoms with Gasteiger partial charge in [0, 0.05) is 24.0 Å². The summed E-state index contributed by atoms with van der Waals surface area (Å²) in [6.07, 6.45) is 3.19. The molecule has 0 unspecified atom stereocenters. The standard InChI is InChI=1S/C24H21F2N5O2/c1-14-11-28-24(30-19-8-7-17(25)10-18(19)26)31-22(14)16-9-20(27-12-16)23(33)29-21(13-32)15-5-3-2-4-6-15/h2-12,21,27,32H,13H2,1H3,(H,29,33)(H,28,30,31)/t21-/m1/s1. The molecule has 0 fully saturated rings. The molecule has 4 rings (SSSR count). The highest BCUT2D eigenvalue weighted by Gasteiger charge is 2.18. The van der Waals surface area contributed by atoms with Gasteiger partial charge in [0.2, 0.25) is 5.95 Å². The average molecular weight is 449 g/mol. The van der Waals surface area contributed by atoms with Crippen molar-refractivity contribution in [1.29, 1.82) is 0 Å². The fraction of sp³-hybridized carbons (Fsp3) is 0.125. The van der Waals surface area contributed by atoms with Gasteiger partial charge in [0.25, 0.3) is 5.91 Å². The van der Waals surface area contributed by atoms with Crippen LogP contribution in [0.4, 0.5) is 20.4 Å². The molecule has 0 aliphatic carbocycles. The lowest BCUT2D eigenvalue weighted by Gasteiger charge is -2.16. The molecule has 0 saturated carbocycles. The number of carbonyl (C=O) groups excluding carboxylic acids is 1. The van der Waals surface area contributed by atoms with Crippen molar-refractivity contribution in [3.8, 4) is 11.3 Å². The van der Waals surface area contributed by atoms with Gasteiger partial charge < -0.3 is 20.7 Å². The number of amides is 1. The molecular weight excluding hydrogens is 428 g/mol. The number of carbonyl (C=O) groups is 1. The number of aliphatic hydroxyl groups excluding tert-OH is 1. The largest absolute Gasteiger partial charge is 0.394 e. The van der Waals surface area contributed by atoms with Crippen LogP contribution in [0.5, 0.6) is 0 Å². The number of halogens is 2. The van der Waals surface area contributed by atoms with Gasteiger partial charge in [-0.15, -0.1) is 0 Å². The molecule has 2 aromatic carbocycles. The van der Waals surface area contributed by atoms with Crippen LogP contribution in [0.15, 0.2) is 67.0 Å². The third-order valence-corrected chi connectivity index (χ3v) is 5.04. The average Bonchev–Trinajstić information content (AvgIpc) is 3.31. The van der Waals surface area contributed by atoms with E-state index in [-0.39, 0.29) is 29.8 Å². The van der Waals surface area contributed by atoms with E-state index in [1.54, 1.807) is 18.5 Å². The minimum Gasteiger partial charge on any atom is -0.394 e. The summed E-state index contributed by atoms with van der Waals surface area (Å²) in [5.41, 5.74) is 3.02. The number of anilines is 2. The van der Waals surface area contributed by atoms with Crippen molar-refractivity contribution >= 4 is 17.5 Å². The predicted molar refractivity (Wildman–Crippen MR) is 120 cm³/mol. The van der Waals surface area contributed by atoms with Crippen molar-refractivity contribution in [1.82, 2.24) is 20.3 Å². The summed E-state index contributed by atoms with van der Waals surface area (Å²) in [5, 5.41) is 15.2. The minimum atomic E-state index is -0.766. The number of nitrogens with zero attached hydrogens (tertiary/aromatic N) is 2. The second-order valence-corrected chi connectivity index (χ2v) is 7.40. The maximum Gasteiger partial charge on any atom is 0.268 e. The van der Waals surface area contributed by atoms with Gasteiger partial charge in [0.05, 0.1) is 24.0 Å². The molecule has 4 N–H and O–H groups in total. The monoisotopic (exact) mass is 449 g/mol. The molecule has 9 heteroatoms. The lowest BCUT2D eigenvalue weighted by molar-refractivity contribution is 0.0911. The SMILES string of the molecule is Cc1cnc(Nc2ccc(F)cc2F)nc1-c1c[nH]c(C(=O)N[C@H](CO)c2ccccc2)c1. The summed E-state index contributed by atoms with van der Waals surface area (Å²) in [7, 11) is 0. The maximum atomic E-state index is 14.0. The smallest absolute Gasteiger partial charge is 0.268 e. The second-order valence-electron chi connectivity index (χ2n) is 7.40. The number of aryl methyl sites for hydroxylation is 1. The highest BCUT2D eigenvalue weighted by molar-refractivity contribution is 5.94. The van der Waals surface area contributed by atoms with Crippen molar-refractivity contribution < 1.29 is 18.7 Å². The molecule has 2 heterocycles. The zero-order valence-electron chi connectivity index (χ0n) is 17.6. The van der Waals surface area contributed by atoms with Gasteiger partial charge in [-0.2, -0.15) is 0 Å². The Morgan fingerprint density at radius 1 is 1.15 bits per heavy atom. The van der Waals surface area contributed by atoms with Crippen LogP contribution in [-0.4, -0.2) is 32.6 Å². The zero-order valence-corrected chi connectivity index (χ0v) is 17.6. The second kappa shape index (κ2) is 9.58. The van der Waals surface area contributed by atoms with E-state index in [9.17, 15) is 18.7 Å². The Kier molecular flexibility index (Phi) is 6.41. The highest BCUT2D eigenvalue weighted by Crippen LogP contribution is 2.25. The van der Waals surface area contributed by atoms with Gasteiger partial charge in [-0.3, -0.25) is 4.79 Å². The van der Waals surface area contributed by atoms with E-state index >= 15 is 0 Å². The number of aromatic nitrogens is 3. The minimum absolute atomic E-state index is 0.0382. The number of benzene rings is 2. The van der Waals surface area contributed by atoms with E-state index in [2.05, 4.69) is 25.6 Å². The third kappa shape index (κ3) is 5.04. The number of rotatable bonds is 7. The lowest BCUT2D eigenvalue weighted by atomic mass is 10.1. The van der Waals surface area contributed by atoms with Gasteiger partial charge >= 0.3 is 0 Å². The first kappa shape index (κ1) is 22.1. The van der Waals surface area contributed by atoms with Crippen molar-refractivity contribution in [2.45, 2.75) is 13.0 Å². The van der Waals surface area contributed by atoms with Crippen molar-refractivity contribution in [2.75, 3.05) is 11.9 Å². The number of aromatic amines is 1. The number of nitrogens with one attached hydrogen (secondary N) is 3. The van der Waals surface area contributed by atoms with Gasteiger partial charge in [0.15, 0.2) is 0 Å². The molecular formula is C24H21F2N5O2. The van der Waals surface area contributed by atoms with Gasteiger partial charge in [-0.25, -0.2) is 18.7 Å². The van der Waals surface area contributed by atoms with E-state index < -0.39 is 17.7 Å². The fourth-order valence-electron chi connectivity index (χ4n) is 3.32. The Morgan fingerprint density at radius 2 is 1.94 bits per heavy atom. The summed E-state index contributed by atoms with van der Waals surface area (Å²) in [6, 6.07) is 13.4. The van der Waals surface area contributed by atoms with Crippen LogP contribution in [-0.2, 0) is 0 Å². The van der Waals surface area contributed by atoms with E-state index in [4.69, 9.17) is 0 Å². The molecule has 4 aromatic rings. The molecule has 0 radical (unpaired) electrons. The maximum absolute atomic E-state index is 14.0. The molecule has 1 amide bonds. The Hall–Kier alpha value is -4.11. The van der Waals surface area contributed by atoms with Gasteiger partial charge in [-0.1, -0.05) is 30.3 Å². The molecule has 33 heavy (non-hydrogen) atoms. The van der Waals surface area contributed by atoms with Gasteiger partial charge in [0.1, 0.15) is 17.3 Å². The Balaban J connectivity index is 1.54. The zero-order chi connectivity index (χ0) is 23.4. The third-order valence-electron chi connectivity index (χ3n) is 5.04. The Morgan fingerprint density at radius 3 is 2.67 bits per heavy atom. The molecule has 0 saturated heterocycles. The number of hydrogen-bond donors (Lipinski definition) is 4. The predicted octanol–water partition coefficient (Wildman–Crippen LogP) is 4.27. The summed E-state index contributed by atoms with van der Waals surface area (Å²) < 4.78 is 27.1. The van der Waals surface area contributed by atoms with Crippen molar-refractivity contribution in [3.05, 3.63) is 95.4 Å². The van der Waals surface area contributed by atoms with Crippen molar-refractivity contribution in [3.63, 3.8) is 0 Å².